The molecule has 7 nitrogen and oxygen atoms in total. The van der Waals surface area contributed by atoms with Gasteiger partial charge < -0.3 is 21.1 Å². The number of aromatic nitrogens is 2. The van der Waals surface area contributed by atoms with Gasteiger partial charge in [0, 0.05) is 32.7 Å². The zero-order chi connectivity index (χ0) is 14.1. The molecule has 0 aliphatic carbocycles. The van der Waals surface area contributed by atoms with Gasteiger partial charge in [-0.05, 0) is 13.3 Å². The number of hydrogen-bond acceptors (Lipinski definition) is 6. The van der Waals surface area contributed by atoms with Crippen LogP contribution in [-0.4, -0.2) is 36.1 Å². The summed E-state index contributed by atoms with van der Waals surface area (Å²) in [7, 11) is 1.80. The lowest BCUT2D eigenvalue weighted by Gasteiger charge is -2.09. The minimum Gasteiger partial charge on any atom is -0.374 e. The molecule has 0 aromatic carbocycles. The van der Waals surface area contributed by atoms with Gasteiger partial charge in [0.1, 0.15) is 18.2 Å². The maximum Gasteiger partial charge on any atom is 0.217 e. The summed E-state index contributed by atoms with van der Waals surface area (Å²) in [5.41, 5.74) is 5.08. The second-order valence-corrected chi connectivity index (χ2v) is 3.94. The Balaban J connectivity index is 2.57. The molecule has 0 radical (unpaired) electrons. The average molecular weight is 267 g/mol. The van der Waals surface area contributed by atoms with Gasteiger partial charge in [-0.3, -0.25) is 4.79 Å². The highest BCUT2D eigenvalue weighted by Crippen LogP contribution is 2.11. The molecule has 0 unspecified atom stereocenters. The highest BCUT2D eigenvalue weighted by Gasteiger charge is 2.04. The van der Waals surface area contributed by atoms with Crippen molar-refractivity contribution in [2.75, 3.05) is 30.8 Å². The molecule has 1 rings (SSSR count). The Morgan fingerprint density at radius 2 is 2.16 bits per heavy atom. The third-order valence-electron chi connectivity index (χ3n) is 2.37. The molecular formula is C12H21N5O2. The fraction of sp³-hybridized carbons (Fsp3) is 0.583. The van der Waals surface area contributed by atoms with Crippen LogP contribution >= 0.6 is 0 Å². The van der Waals surface area contributed by atoms with Gasteiger partial charge >= 0.3 is 0 Å². The van der Waals surface area contributed by atoms with Crippen molar-refractivity contribution in [3.05, 3.63) is 11.9 Å². The van der Waals surface area contributed by atoms with Crippen LogP contribution in [0.4, 0.5) is 11.6 Å². The first-order valence-corrected chi connectivity index (χ1v) is 6.31. The van der Waals surface area contributed by atoms with E-state index in [-0.39, 0.29) is 5.91 Å². The standard InChI is InChI=1S/C12H21N5O2/c1-3-19-8-12-16-10(14-2)7-11(17-12)15-6-4-5-9(13)18/h7H,3-6,8H2,1-2H3,(H2,13,18)(H2,14,15,16,17). The predicted molar refractivity (Wildman–Crippen MR) is 73.8 cm³/mol. The molecule has 19 heavy (non-hydrogen) atoms. The summed E-state index contributed by atoms with van der Waals surface area (Å²) in [6, 6.07) is 1.81. The number of nitrogens with zero attached hydrogens (tertiary/aromatic N) is 2. The van der Waals surface area contributed by atoms with E-state index < -0.39 is 0 Å². The lowest BCUT2D eigenvalue weighted by atomic mass is 10.3. The molecule has 0 aliphatic rings. The van der Waals surface area contributed by atoms with Gasteiger partial charge in [-0.1, -0.05) is 0 Å². The molecule has 0 fully saturated rings. The van der Waals surface area contributed by atoms with Crippen molar-refractivity contribution >= 4 is 17.5 Å². The maximum absolute atomic E-state index is 10.6. The van der Waals surface area contributed by atoms with Crippen LogP contribution in [0.2, 0.25) is 0 Å². The second kappa shape index (κ2) is 8.25. The fourth-order valence-electron chi connectivity index (χ4n) is 1.45. The summed E-state index contributed by atoms with van der Waals surface area (Å²) in [5.74, 6) is 1.75. The van der Waals surface area contributed by atoms with Crippen molar-refractivity contribution in [3.63, 3.8) is 0 Å². The van der Waals surface area contributed by atoms with Crippen molar-refractivity contribution in [1.82, 2.24) is 9.97 Å². The molecule has 1 aromatic rings. The SMILES string of the molecule is CCOCc1nc(NC)cc(NCCCC(N)=O)n1. The normalized spacial score (nSPS) is 10.2. The number of carbonyl (C=O) groups excluding carboxylic acids is 1. The summed E-state index contributed by atoms with van der Waals surface area (Å²) in [4.78, 5) is 19.2. The van der Waals surface area contributed by atoms with Crippen LogP contribution in [-0.2, 0) is 16.1 Å². The number of anilines is 2. The van der Waals surface area contributed by atoms with E-state index in [9.17, 15) is 4.79 Å². The quantitative estimate of drug-likeness (QED) is 0.570. The van der Waals surface area contributed by atoms with E-state index in [1.165, 1.54) is 0 Å². The van der Waals surface area contributed by atoms with Gasteiger partial charge in [0.15, 0.2) is 5.82 Å². The number of rotatable bonds is 9. The minimum absolute atomic E-state index is 0.294. The van der Waals surface area contributed by atoms with Gasteiger partial charge in [-0.25, -0.2) is 9.97 Å². The van der Waals surface area contributed by atoms with Crippen molar-refractivity contribution in [2.24, 2.45) is 5.73 Å². The monoisotopic (exact) mass is 267 g/mol. The van der Waals surface area contributed by atoms with E-state index in [1.54, 1.807) is 13.1 Å². The van der Waals surface area contributed by atoms with Gasteiger partial charge in [-0.15, -0.1) is 0 Å². The molecule has 1 amide bonds. The van der Waals surface area contributed by atoms with Crippen molar-refractivity contribution < 1.29 is 9.53 Å². The van der Waals surface area contributed by atoms with E-state index >= 15 is 0 Å². The van der Waals surface area contributed by atoms with Crippen LogP contribution in [0.25, 0.3) is 0 Å². The molecule has 0 bridgehead atoms. The van der Waals surface area contributed by atoms with E-state index in [0.29, 0.717) is 44.2 Å². The summed E-state index contributed by atoms with van der Waals surface area (Å²) >= 11 is 0. The number of amides is 1. The molecule has 0 saturated carbocycles. The molecule has 0 saturated heterocycles. The van der Waals surface area contributed by atoms with E-state index in [1.807, 2.05) is 6.92 Å². The van der Waals surface area contributed by atoms with Crippen LogP contribution in [0.3, 0.4) is 0 Å². The highest BCUT2D eigenvalue weighted by atomic mass is 16.5. The number of carbonyl (C=O) groups is 1. The van der Waals surface area contributed by atoms with E-state index in [4.69, 9.17) is 10.5 Å². The molecule has 1 aromatic heterocycles. The van der Waals surface area contributed by atoms with Gasteiger partial charge in [0.25, 0.3) is 0 Å². The summed E-state index contributed by atoms with van der Waals surface area (Å²) in [6.45, 7) is 3.55. The molecule has 106 valence electrons. The first-order chi connectivity index (χ1) is 9.15. The number of primary amides is 1. The van der Waals surface area contributed by atoms with Crippen LogP contribution in [0.5, 0.6) is 0 Å². The number of hydrogen-bond donors (Lipinski definition) is 3. The van der Waals surface area contributed by atoms with Crippen LogP contribution < -0.4 is 16.4 Å². The maximum atomic E-state index is 10.6. The van der Waals surface area contributed by atoms with Crippen LogP contribution in [0, 0.1) is 0 Å². The third kappa shape index (κ3) is 6.01. The van der Waals surface area contributed by atoms with Gasteiger partial charge in [-0.2, -0.15) is 0 Å². The van der Waals surface area contributed by atoms with Crippen molar-refractivity contribution in [1.29, 1.82) is 0 Å². The molecule has 0 atom stereocenters. The zero-order valence-electron chi connectivity index (χ0n) is 11.4. The zero-order valence-corrected chi connectivity index (χ0v) is 11.4. The van der Waals surface area contributed by atoms with Gasteiger partial charge in [0.2, 0.25) is 5.91 Å². The van der Waals surface area contributed by atoms with Crippen LogP contribution in [0.15, 0.2) is 6.07 Å². The lowest BCUT2D eigenvalue weighted by Crippen LogP contribution is -2.13. The summed E-state index contributed by atoms with van der Waals surface area (Å²) in [5, 5.41) is 6.11. The first kappa shape index (κ1) is 15.2. The number of nitrogens with two attached hydrogens (primary N) is 1. The Bertz CT molecular complexity index is 411. The largest absolute Gasteiger partial charge is 0.374 e. The lowest BCUT2D eigenvalue weighted by molar-refractivity contribution is -0.118. The Kier molecular flexibility index (Phi) is 6.59. The van der Waals surface area contributed by atoms with Crippen molar-refractivity contribution in [3.8, 4) is 0 Å². The molecule has 0 spiro atoms. The van der Waals surface area contributed by atoms with E-state index in [2.05, 4.69) is 20.6 Å². The van der Waals surface area contributed by atoms with Crippen LogP contribution in [0.1, 0.15) is 25.6 Å². The molecule has 7 heteroatoms. The third-order valence-corrected chi connectivity index (χ3v) is 2.37. The molecule has 0 aliphatic heterocycles. The molecule has 4 N–H and O–H groups in total. The second-order valence-electron chi connectivity index (χ2n) is 3.94. The Labute approximate surface area is 113 Å². The van der Waals surface area contributed by atoms with E-state index in [0.717, 1.165) is 5.82 Å². The summed E-state index contributed by atoms with van der Waals surface area (Å²) < 4.78 is 5.29. The number of nitrogens with one attached hydrogen (secondary N) is 2. The van der Waals surface area contributed by atoms with Gasteiger partial charge in [0.05, 0.1) is 0 Å². The first-order valence-electron chi connectivity index (χ1n) is 6.31. The average Bonchev–Trinajstić information content (AvgIpc) is 2.41. The number of ether oxygens (including phenoxy) is 1. The Hall–Kier alpha value is -1.89. The summed E-state index contributed by atoms with van der Waals surface area (Å²) in [6.07, 6.45) is 1.04. The Morgan fingerprint density at radius 1 is 1.42 bits per heavy atom. The topological polar surface area (TPSA) is 102 Å². The minimum atomic E-state index is -0.294. The fourth-order valence-corrected chi connectivity index (χ4v) is 1.45. The smallest absolute Gasteiger partial charge is 0.217 e. The van der Waals surface area contributed by atoms with Crippen molar-refractivity contribution in [2.45, 2.75) is 26.4 Å². The predicted octanol–water partition coefficient (Wildman–Crippen LogP) is 0.732. The highest BCUT2D eigenvalue weighted by molar-refractivity contribution is 5.73. The molecule has 1 heterocycles. The molecular weight excluding hydrogens is 246 g/mol. The Morgan fingerprint density at radius 3 is 2.79 bits per heavy atom.